The molecule has 0 aliphatic carbocycles. The van der Waals surface area contributed by atoms with Crippen molar-refractivity contribution in [1.82, 2.24) is 0 Å². The van der Waals surface area contributed by atoms with E-state index < -0.39 is 6.71 Å². The van der Waals surface area contributed by atoms with E-state index in [2.05, 4.69) is 547 Å². The van der Waals surface area contributed by atoms with E-state index in [9.17, 15) is 0 Å². The van der Waals surface area contributed by atoms with Crippen LogP contribution in [0.2, 0.25) is 0 Å². The average Bonchev–Trinajstić information content (AvgIpc) is 0.680. The standard InChI is InChI=1S/C138H110BN3/c1-135(2,3)107-69-99-53-55-101-71-109(137(7,8)9)83-120-114(79-105(73-107)128(99)130(101)120)97-61-67-124-122(81-97)139-123-82-98(115-80-106-74-108(136(4,5)6)70-100-54-56-102-72-110(138(10,11)12)84-121(115)131(102)129(100)106)62-68-125(123)142(134-118(95-49-33-19-34-50-95)77-104(90-43-27-16-28-44-90)78-119(134)96-51-35-20-36-52-96)127-86-113(140(111-63-57-91(58-64-111)87-37-21-13-22-38-87)112-65-59-92(60-66-112)88-39-23-14-24-40-88)85-126(132(127)139)141(124)133-116(93-45-29-17-30-46-93)75-103(89-41-25-15-26-42-89)76-117(133)94-47-31-18-32-48-94/h13-86H,1-12H3. The molecule has 142 heavy (non-hydrogen) atoms. The molecule has 0 N–H and O–H groups in total. The van der Waals surface area contributed by atoms with Crippen molar-refractivity contribution in [3.8, 4) is 111 Å². The first kappa shape index (κ1) is 87.1. The highest BCUT2D eigenvalue weighted by Crippen LogP contribution is 2.59. The molecule has 23 aromatic rings. The summed E-state index contributed by atoms with van der Waals surface area (Å²) in [5.74, 6) is 0. The Bertz CT molecular complexity index is 8220. The second-order valence-electron chi connectivity index (χ2n) is 43.6. The van der Waals surface area contributed by atoms with Gasteiger partial charge in [0.05, 0.1) is 17.1 Å². The van der Waals surface area contributed by atoms with Crippen LogP contribution in [0.3, 0.4) is 0 Å². The largest absolute Gasteiger partial charge is 0.310 e. The Labute approximate surface area is 834 Å². The van der Waals surface area contributed by atoms with Crippen molar-refractivity contribution in [3.05, 3.63) is 471 Å². The van der Waals surface area contributed by atoms with Crippen LogP contribution < -0.4 is 31.1 Å². The second-order valence-corrected chi connectivity index (χ2v) is 43.6. The van der Waals surface area contributed by atoms with Gasteiger partial charge in [0.15, 0.2) is 0 Å². The van der Waals surface area contributed by atoms with E-state index in [-0.39, 0.29) is 21.7 Å². The van der Waals surface area contributed by atoms with Crippen molar-refractivity contribution < 1.29 is 0 Å². The van der Waals surface area contributed by atoms with Crippen molar-refractivity contribution in [3.63, 3.8) is 0 Å². The van der Waals surface area contributed by atoms with Crippen LogP contribution >= 0.6 is 0 Å². The predicted molar refractivity (Wildman–Crippen MR) is 612 cm³/mol. The maximum absolute atomic E-state index is 2.76. The monoisotopic (exact) mass is 1820 g/mol. The molecule has 2 aliphatic rings. The van der Waals surface area contributed by atoms with Crippen LogP contribution in [0.25, 0.3) is 176 Å². The van der Waals surface area contributed by atoms with E-state index in [1.807, 2.05) is 0 Å². The molecular weight excluding hydrogens is 1710 g/mol. The molecule has 3 nitrogen and oxygen atoms in total. The minimum absolute atomic E-state index is 0.131. The summed E-state index contributed by atoms with van der Waals surface area (Å²) in [5.41, 5.74) is 40.1. The van der Waals surface area contributed by atoms with Gasteiger partial charge in [0.1, 0.15) is 0 Å². The minimum atomic E-state index is -0.463. The van der Waals surface area contributed by atoms with Gasteiger partial charge in [-0.25, -0.2) is 0 Å². The average molecular weight is 1820 g/mol. The molecular formula is C138H110BN3. The highest BCUT2D eigenvalue weighted by Gasteiger charge is 2.47. The summed E-state index contributed by atoms with van der Waals surface area (Å²) in [6.45, 7) is 28.0. The summed E-state index contributed by atoms with van der Waals surface area (Å²) in [7, 11) is 0. The lowest BCUT2D eigenvalue weighted by Crippen LogP contribution is -2.61. The summed E-state index contributed by atoms with van der Waals surface area (Å²) >= 11 is 0. The van der Waals surface area contributed by atoms with Crippen LogP contribution in [0.15, 0.2) is 449 Å². The van der Waals surface area contributed by atoms with Gasteiger partial charge < -0.3 is 14.7 Å². The fourth-order valence-corrected chi connectivity index (χ4v) is 23.0. The molecule has 680 valence electrons. The van der Waals surface area contributed by atoms with E-state index in [4.69, 9.17) is 0 Å². The number of fused-ring (bicyclic) bond motifs is 4. The van der Waals surface area contributed by atoms with Crippen molar-refractivity contribution in [2.75, 3.05) is 14.7 Å². The van der Waals surface area contributed by atoms with Crippen molar-refractivity contribution >= 4 is 139 Å². The van der Waals surface area contributed by atoms with E-state index >= 15 is 0 Å². The fraction of sp³-hybridized carbons (Fsp3) is 0.116. The lowest BCUT2D eigenvalue weighted by atomic mass is 9.33. The summed E-state index contributed by atoms with van der Waals surface area (Å²) in [4.78, 5) is 8.07. The molecule has 0 radical (unpaired) electrons. The highest BCUT2D eigenvalue weighted by molar-refractivity contribution is 7.00. The first-order valence-electron chi connectivity index (χ1n) is 50.3. The van der Waals surface area contributed by atoms with Gasteiger partial charge in [0, 0.05) is 56.4 Å². The molecule has 4 heteroatoms. The third-order valence-electron chi connectivity index (χ3n) is 30.4. The van der Waals surface area contributed by atoms with E-state index in [0.717, 1.165) is 151 Å². The Kier molecular flexibility index (Phi) is 20.7. The van der Waals surface area contributed by atoms with Crippen LogP contribution in [0.1, 0.15) is 105 Å². The molecule has 0 aromatic heterocycles. The molecule has 2 aliphatic heterocycles. The molecule has 0 bridgehead atoms. The smallest absolute Gasteiger partial charge is 0.252 e. The zero-order chi connectivity index (χ0) is 96.3. The topological polar surface area (TPSA) is 9.72 Å². The van der Waals surface area contributed by atoms with Crippen LogP contribution in [0.5, 0.6) is 0 Å². The van der Waals surface area contributed by atoms with Crippen molar-refractivity contribution in [2.45, 2.75) is 105 Å². The number of hydrogen-bond acceptors (Lipinski definition) is 3. The molecule has 0 spiro atoms. The van der Waals surface area contributed by atoms with Gasteiger partial charge in [-0.1, -0.05) is 435 Å². The summed E-state index contributed by atoms with van der Waals surface area (Å²) < 4.78 is 0. The molecule has 0 fully saturated rings. The molecule has 2 heterocycles. The maximum atomic E-state index is 2.76. The third-order valence-corrected chi connectivity index (χ3v) is 30.4. The number of hydrogen-bond donors (Lipinski definition) is 0. The van der Waals surface area contributed by atoms with E-state index in [0.29, 0.717) is 0 Å². The number of anilines is 9. The Balaban J connectivity index is 0.890. The zero-order valence-corrected chi connectivity index (χ0v) is 82.6. The van der Waals surface area contributed by atoms with Gasteiger partial charge in [-0.05, 0) is 311 Å². The van der Waals surface area contributed by atoms with Gasteiger partial charge >= 0.3 is 0 Å². The van der Waals surface area contributed by atoms with E-state index in [1.54, 1.807) is 0 Å². The Morgan fingerprint density at radius 3 is 0.732 bits per heavy atom. The normalized spacial score (nSPS) is 12.7. The van der Waals surface area contributed by atoms with Gasteiger partial charge in [0.25, 0.3) is 6.71 Å². The van der Waals surface area contributed by atoms with Gasteiger partial charge in [0.2, 0.25) is 0 Å². The number of nitrogens with zero attached hydrogens (tertiary/aromatic N) is 3. The van der Waals surface area contributed by atoms with Gasteiger partial charge in [-0.2, -0.15) is 0 Å². The Morgan fingerprint density at radius 1 is 0.183 bits per heavy atom. The quantitative estimate of drug-likeness (QED) is 0.0748. The first-order valence-corrected chi connectivity index (χ1v) is 50.3. The van der Waals surface area contributed by atoms with Crippen LogP contribution in [0, 0.1) is 0 Å². The molecule has 0 saturated heterocycles. The summed E-state index contributed by atoms with van der Waals surface area (Å²) in [5, 5.41) is 15.2. The van der Waals surface area contributed by atoms with Gasteiger partial charge in [-0.15, -0.1) is 0 Å². The lowest BCUT2D eigenvalue weighted by molar-refractivity contribution is 0.591. The van der Waals surface area contributed by atoms with E-state index in [1.165, 1.54) is 114 Å². The first-order chi connectivity index (χ1) is 68.9. The SMILES string of the molecule is CC(C)(C)c1cc2ccc3cc(C(C)(C)C)cc4c(-c5ccc6c(c5)B5c7cc(-c8cc9cc(C(C)(C)C)cc%10ccc%11cc(C(C)(C)C)cc8c%11c%109)ccc7N(c7c(-c8ccccc8)cc(-c8ccccc8)cc7-c7ccccc7)c7cc(N(c8ccc(-c9ccccc9)cc8)c8ccc(-c9ccccc9)cc8)cc(c75)N6c5c(-c6ccccc6)cc(-c6ccccc6)cc5-c5ccccc5)cc(c1)c2c34. The fourth-order valence-electron chi connectivity index (χ4n) is 23.0. The minimum Gasteiger partial charge on any atom is -0.310 e. The summed E-state index contributed by atoms with van der Waals surface area (Å²) in [6.07, 6.45) is 0. The van der Waals surface area contributed by atoms with Crippen LogP contribution in [-0.2, 0) is 21.7 Å². The molecule has 25 rings (SSSR count). The number of benzene rings is 23. The summed E-state index contributed by atoms with van der Waals surface area (Å²) in [6, 6.07) is 173. The molecule has 0 unspecified atom stereocenters. The lowest BCUT2D eigenvalue weighted by Gasteiger charge is -2.46. The van der Waals surface area contributed by atoms with Crippen LogP contribution in [0.4, 0.5) is 51.2 Å². The molecule has 0 amide bonds. The molecule has 0 saturated carbocycles. The maximum Gasteiger partial charge on any atom is 0.252 e. The van der Waals surface area contributed by atoms with Gasteiger partial charge in [-0.3, -0.25) is 0 Å². The zero-order valence-electron chi connectivity index (χ0n) is 82.6. The van der Waals surface area contributed by atoms with Crippen molar-refractivity contribution in [1.29, 1.82) is 0 Å². The van der Waals surface area contributed by atoms with Crippen molar-refractivity contribution in [2.24, 2.45) is 0 Å². The highest BCUT2D eigenvalue weighted by atomic mass is 15.2. The predicted octanol–water partition coefficient (Wildman–Crippen LogP) is 36.9. The Morgan fingerprint density at radius 2 is 0.437 bits per heavy atom. The van der Waals surface area contributed by atoms with Crippen LogP contribution in [-0.4, -0.2) is 6.71 Å². The second kappa shape index (κ2) is 33.7. The molecule has 23 aromatic carbocycles. The molecule has 0 atom stereocenters. The number of rotatable bonds is 15. The Hall–Kier alpha value is -16.4. The third kappa shape index (κ3) is 15.0.